The Hall–Kier alpha value is -0.210. The first-order valence-electron chi connectivity index (χ1n) is 6.05. The van der Waals surface area contributed by atoms with Crippen LogP contribution in [0.5, 0.6) is 0 Å². The normalized spacial score (nSPS) is 23.2. The minimum atomic E-state index is -3.36. The number of nitrogens with two attached hydrogens (primary N) is 1. The van der Waals surface area contributed by atoms with E-state index in [4.69, 9.17) is 10.5 Å². The van der Waals surface area contributed by atoms with Crippen LogP contribution >= 0.6 is 0 Å². The fourth-order valence-corrected chi connectivity index (χ4v) is 3.48. The molecule has 1 aliphatic rings. The van der Waals surface area contributed by atoms with Gasteiger partial charge in [-0.1, -0.05) is 6.92 Å². The second kappa shape index (κ2) is 6.65. The van der Waals surface area contributed by atoms with E-state index < -0.39 is 10.2 Å². The molecule has 1 saturated heterocycles. The van der Waals surface area contributed by atoms with Crippen LogP contribution in [-0.4, -0.2) is 63.0 Å². The second-order valence-electron chi connectivity index (χ2n) is 4.22. The minimum Gasteiger partial charge on any atom is -0.378 e. The van der Waals surface area contributed by atoms with Crippen LogP contribution in [0.3, 0.4) is 0 Å². The summed E-state index contributed by atoms with van der Waals surface area (Å²) in [6.07, 6.45) is 1.45. The molecule has 2 N–H and O–H groups in total. The fourth-order valence-electron chi connectivity index (χ4n) is 1.87. The molecule has 1 fully saturated rings. The number of hydrogen-bond acceptors (Lipinski definition) is 4. The molecule has 7 heteroatoms. The van der Waals surface area contributed by atoms with Gasteiger partial charge in [0.05, 0.1) is 13.2 Å². The van der Waals surface area contributed by atoms with Gasteiger partial charge in [0.2, 0.25) is 0 Å². The summed E-state index contributed by atoms with van der Waals surface area (Å²) in [5, 5.41) is 0. The molecule has 1 rings (SSSR count). The third-order valence-electron chi connectivity index (χ3n) is 3.01. The number of morpholine rings is 1. The molecular formula is C10H23N3O3S. The lowest BCUT2D eigenvalue weighted by molar-refractivity contribution is 0.0289. The van der Waals surface area contributed by atoms with Crippen molar-refractivity contribution in [1.82, 2.24) is 8.61 Å². The van der Waals surface area contributed by atoms with Crippen LogP contribution in [-0.2, 0) is 14.9 Å². The van der Waals surface area contributed by atoms with Crippen LogP contribution in [0, 0.1) is 0 Å². The molecule has 102 valence electrons. The third-order valence-corrected chi connectivity index (χ3v) is 5.06. The van der Waals surface area contributed by atoms with E-state index in [1.54, 1.807) is 11.4 Å². The SMILES string of the molecule is CCC1COCCN1S(=O)(=O)N(C)CCCN. The van der Waals surface area contributed by atoms with Crippen LogP contribution in [0.15, 0.2) is 0 Å². The average Bonchev–Trinajstić information content (AvgIpc) is 2.35. The Kier molecular flexibility index (Phi) is 5.81. The molecule has 0 aliphatic carbocycles. The van der Waals surface area contributed by atoms with Gasteiger partial charge in [-0.15, -0.1) is 0 Å². The quantitative estimate of drug-likeness (QED) is 0.710. The Morgan fingerprint density at radius 1 is 1.53 bits per heavy atom. The molecule has 0 saturated carbocycles. The lowest BCUT2D eigenvalue weighted by Gasteiger charge is -2.36. The molecule has 6 nitrogen and oxygen atoms in total. The van der Waals surface area contributed by atoms with E-state index in [1.807, 2.05) is 6.92 Å². The Balaban J connectivity index is 2.73. The van der Waals surface area contributed by atoms with Crippen molar-refractivity contribution in [2.45, 2.75) is 25.8 Å². The predicted octanol–water partition coefficient (Wildman–Crippen LogP) is -0.377. The molecule has 0 bridgehead atoms. The van der Waals surface area contributed by atoms with E-state index in [0.717, 1.165) is 6.42 Å². The molecule has 0 radical (unpaired) electrons. The molecule has 0 spiro atoms. The zero-order valence-electron chi connectivity index (χ0n) is 10.6. The van der Waals surface area contributed by atoms with E-state index in [-0.39, 0.29) is 6.04 Å². The van der Waals surface area contributed by atoms with Crippen molar-refractivity contribution in [3.63, 3.8) is 0 Å². The summed E-state index contributed by atoms with van der Waals surface area (Å²) < 4.78 is 32.9. The Bertz CT molecular complexity index is 321. The van der Waals surface area contributed by atoms with E-state index in [9.17, 15) is 8.42 Å². The average molecular weight is 265 g/mol. The van der Waals surface area contributed by atoms with E-state index in [0.29, 0.717) is 39.3 Å². The van der Waals surface area contributed by atoms with Crippen molar-refractivity contribution >= 4 is 10.2 Å². The zero-order chi connectivity index (χ0) is 12.9. The molecule has 0 aromatic carbocycles. The van der Waals surface area contributed by atoms with E-state index in [1.165, 1.54) is 4.31 Å². The number of nitrogens with zero attached hydrogens (tertiary/aromatic N) is 2. The first-order chi connectivity index (χ1) is 8.04. The Morgan fingerprint density at radius 2 is 2.24 bits per heavy atom. The maximum Gasteiger partial charge on any atom is 0.282 e. The van der Waals surface area contributed by atoms with Gasteiger partial charge in [-0.2, -0.15) is 17.0 Å². The van der Waals surface area contributed by atoms with Crippen molar-refractivity contribution in [2.24, 2.45) is 5.73 Å². The predicted molar refractivity (Wildman–Crippen MR) is 66.8 cm³/mol. The number of rotatable bonds is 6. The summed E-state index contributed by atoms with van der Waals surface area (Å²) >= 11 is 0. The lowest BCUT2D eigenvalue weighted by atomic mass is 10.2. The summed E-state index contributed by atoms with van der Waals surface area (Å²) in [5.41, 5.74) is 5.40. The molecule has 1 unspecified atom stereocenters. The van der Waals surface area contributed by atoms with Crippen molar-refractivity contribution in [1.29, 1.82) is 0 Å². The summed E-state index contributed by atoms with van der Waals surface area (Å²) in [6, 6.07) is -0.0472. The van der Waals surface area contributed by atoms with Crippen LogP contribution in [0.25, 0.3) is 0 Å². The third kappa shape index (κ3) is 3.62. The standard InChI is InChI=1S/C10H23N3O3S/c1-3-10-9-16-8-7-13(10)17(14,15)12(2)6-4-5-11/h10H,3-9,11H2,1-2H3. The largest absolute Gasteiger partial charge is 0.378 e. The molecular weight excluding hydrogens is 242 g/mol. The second-order valence-corrected chi connectivity index (χ2v) is 6.21. The highest BCUT2D eigenvalue weighted by Crippen LogP contribution is 2.17. The van der Waals surface area contributed by atoms with Crippen molar-refractivity contribution in [3.8, 4) is 0 Å². The van der Waals surface area contributed by atoms with Crippen molar-refractivity contribution < 1.29 is 13.2 Å². The van der Waals surface area contributed by atoms with Gasteiger partial charge in [-0.05, 0) is 19.4 Å². The smallest absolute Gasteiger partial charge is 0.282 e. The van der Waals surface area contributed by atoms with Gasteiger partial charge >= 0.3 is 0 Å². The Morgan fingerprint density at radius 3 is 2.82 bits per heavy atom. The summed E-state index contributed by atoms with van der Waals surface area (Å²) in [7, 11) is -1.76. The molecule has 1 heterocycles. The molecule has 0 aromatic heterocycles. The van der Waals surface area contributed by atoms with Crippen LogP contribution in [0.4, 0.5) is 0 Å². The number of ether oxygens (including phenoxy) is 1. The molecule has 1 atom stereocenters. The highest BCUT2D eigenvalue weighted by Gasteiger charge is 2.34. The van der Waals surface area contributed by atoms with Crippen molar-refractivity contribution in [3.05, 3.63) is 0 Å². The van der Waals surface area contributed by atoms with Crippen LogP contribution < -0.4 is 5.73 Å². The van der Waals surface area contributed by atoms with E-state index in [2.05, 4.69) is 0 Å². The monoisotopic (exact) mass is 265 g/mol. The van der Waals surface area contributed by atoms with Gasteiger partial charge in [0.15, 0.2) is 0 Å². The fraction of sp³-hybridized carbons (Fsp3) is 1.00. The van der Waals surface area contributed by atoms with Gasteiger partial charge in [0.25, 0.3) is 10.2 Å². The first kappa shape index (κ1) is 14.8. The van der Waals surface area contributed by atoms with Gasteiger partial charge in [0.1, 0.15) is 0 Å². The molecule has 17 heavy (non-hydrogen) atoms. The van der Waals surface area contributed by atoms with Crippen molar-refractivity contribution in [2.75, 3.05) is 39.9 Å². The van der Waals surface area contributed by atoms with Gasteiger partial charge < -0.3 is 10.5 Å². The number of hydrogen-bond donors (Lipinski definition) is 1. The minimum absolute atomic E-state index is 0.0472. The van der Waals surface area contributed by atoms with Crippen LogP contribution in [0.2, 0.25) is 0 Å². The van der Waals surface area contributed by atoms with Gasteiger partial charge in [-0.3, -0.25) is 0 Å². The highest BCUT2D eigenvalue weighted by molar-refractivity contribution is 7.86. The van der Waals surface area contributed by atoms with Gasteiger partial charge in [0, 0.05) is 26.2 Å². The summed E-state index contributed by atoms with van der Waals surface area (Å²) in [5.74, 6) is 0. The highest BCUT2D eigenvalue weighted by atomic mass is 32.2. The maximum atomic E-state index is 12.3. The van der Waals surface area contributed by atoms with Crippen LogP contribution in [0.1, 0.15) is 19.8 Å². The first-order valence-corrected chi connectivity index (χ1v) is 7.44. The zero-order valence-corrected chi connectivity index (χ0v) is 11.4. The van der Waals surface area contributed by atoms with Gasteiger partial charge in [-0.25, -0.2) is 0 Å². The topological polar surface area (TPSA) is 75.9 Å². The molecule has 1 aliphatic heterocycles. The summed E-state index contributed by atoms with van der Waals surface area (Å²) in [4.78, 5) is 0. The Labute approximate surface area is 104 Å². The maximum absolute atomic E-state index is 12.3. The molecule has 0 aromatic rings. The summed E-state index contributed by atoms with van der Waals surface area (Å²) in [6.45, 7) is 4.34. The van der Waals surface area contributed by atoms with E-state index >= 15 is 0 Å². The lowest BCUT2D eigenvalue weighted by Crippen LogP contribution is -2.53. The molecule has 0 amide bonds.